The molecule has 0 amide bonds. The van der Waals surface area contributed by atoms with Gasteiger partial charge in [-0.15, -0.1) is 0 Å². The molecule has 0 aliphatic rings. The molecule has 0 aliphatic heterocycles. The number of alkyl halides is 1. The van der Waals surface area contributed by atoms with Crippen LogP contribution in [0.15, 0.2) is 30.8 Å². The standard InChI is InChI=1S/C9H10BrN/c1-7(6-10)8-4-2-3-5-9(8)11/h2-5H,1,6,11H2. The minimum atomic E-state index is 0.765. The normalized spacial score (nSPS) is 9.55. The number of hydrogen-bond donors (Lipinski definition) is 1. The fourth-order valence-electron chi connectivity index (χ4n) is 0.891. The van der Waals surface area contributed by atoms with Gasteiger partial charge in [-0.25, -0.2) is 0 Å². The molecule has 1 nitrogen and oxygen atoms in total. The van der Waals surface area contributed by atoms with Crippen LogP contribution in [0.1, 0.15) is 5.56 Å². The van der Waals surface area contributed by atoms with E-state index in [1.54, 1.807) is 0 Å². The molecule has 0 spiro atoms. The van der Waals surface area contributed by atoms with Crippen LogP contribution in [-0.2, 0) is 0 Å². The van der Waals surface area contributed by atoms with Crippen molar-refractivity contribution in [3.05, 3.63) is 36.4 Å². The summed E-state index contributed by atoms with van der Waals surface area (Å²) in [4.78, 5) is 0. The Morgan fingerprint density at radius 1 is 1.45 bits per heavy atom. The molecule has 0 fully saturated rings. The lowest BCUT2D eigenvalue weighted by molar-refractivity contribution is 1.59. The molecule has 0 unspecified atom stereocenters. The van der Waals surface area contributed by atoms with Crippen molar-refractivity contribution in [1.82, 2.24) is 0 Å². The van der Waals surface area contributed by atoms with Gasteiger partial charge in [0, 0.05) is 16.6 Å². The Labute approximate surface area is 75.0 Å². The first-order valence-corrected chi connectivity index (χ1v) is 4.46. The van der Waals surface area contributed by atoms with Gasteiger partial charge in [0.15, 0.2) is 0 Å². The van der Waals surface area contributed by atoms with Crippen LogP contribution in [0.3, 0.4) is 0 Å². The first kappa shape index (κ1) is 8.34. The third-order valence-electron chi connectivity index (χ3n) is 1.50. The van der Waals surface area contributed by atoms with E-state index >= 15 is 0 Å². The number of nitrogen functional groups attached to an aromatic ring is 1. The number of hydrogen-bond acceptors (Lipinski definition) is 1. The molecular formula is C9H10BrN. The van der Waals surface area contributed by atoms with Crippen LogP contribution >= 0.6 is 15.9 Å². The van der Waals surface area contributed by atoms with Gasteiger partial charge in [-0.1, -0.05) is 40.7 Å². The van der Waals surface area contributed by atoms with Crippen molar-refractivity contribution >= 4 is 27.2 Å². The maximum absolute atomic E-state index is 5.72. The summed E-state index contributed by atoms with van der Waals surface area (Å²) < 4.78 is 0. The molecule has 0 heterocycles. The average Bonchev–Trinajstić information content (AvgIpc) is 2.04. The average molecular weight is 212 g/mol. The zero-order chi connectivity index (χ0) is 8.27. The smallest absolute Gasteiger partial charge is 0.0390 e. The summed E-state index contributed by atoms with van der Waals surface area (Å²) >= 11 is 3.33. The molecular weight excluding hydrogens is 202 g/mol. The summed E-state index contributed by atoms with van der Waals surface area (Å²) in [7, 11) is 0. The van der Waals surface area contributed by atoms with Gasteiger partial charge in [-0.05, 0) is 11.6 Å². The van der Waals surface area contributed by atoms with Crippen molar-refractivity contribution in [3.8, 4) is 0 Å². The van der Waals surface area contributed by atoms with Crippen molar-refractivity contribution in [2.45, 2.75) is 0 Å². The van der Waals surface area contributed by atoms with Crippen molar-refractivity contribution < 1.29 is 0 Å². The molecule has 11 heavy (non-hydrogen) atoms. The number of para-hydroxylation sites is 1. The molecule has 0 bridgehead atoms. The Hall–Kier alpha value is -0.760. The summed E-state index contributed by atoms with van der Waals surface area (Å²) in [5, 5.41) is 0.765. The first-order chi connectivity index (χ1) is 5.25. The Balaban J connectivity index is 3.03. The van der Waals surface area contributed by atoms with E-state index in [0.717, 1.165) is 22.2 Å². The second-order valence-corrected chi connectivity index (χ2v) is 2.89. The van der Waals surface area contributed by atoms with Crippen LogP contribution in [0.4, 0.5) is 5.69 Å². The molecule has 0 saturated carbocycles. The molecule has 1 aromatic rings. The Kier molecular flexibility index (Phi) is 2.71. The van der Waals surface area contributed by atoms with Gasteiger partial charge in [-0.2, -0.15) is 0 Å². The highest BCUT2D eigenvalue weighted by Crippen LogP contribution is 2.20. The fourth-order valence-corrected chi connectivity index (χ4v) is 1.19. The second-order valence-electron chi connectivity index (χ2n) is 2.32. The number of benzene rings is 1. The van der Waals surface area contributed by atoms with Crippen LogP contribution in [0.2, 0.25) is 0 Å². The SMILES string of the molecule is C=C(CBr)c1ccccc1N. The van der Waals surface area contributed by atoms with E-state index < -0.39 is 0 Å². The molecule has 0 radical (unpaired) electrons. The highest BCUT2D eigenvalue weighted by molar-refractivity contribution is 9.09. The van der Waals surface area contributed by atoms with Crippen LogP contribution in [-0.4, -0.2) is 5.33 Å². The molecule has 0 aromatic heterocycles. The topological polar surface area (TPSA) is 26.0 Å². The second kappa shape index (κ2) is 3.58. The fraction of sp³-hybridized carbons (Fsp3) is 0.111. The minimum absolute atomic E-state index is 0.765. The predicted octanol–water partition coefficient (Wildman–Crippen LogP) is 2.68. The molecule has 1 aromatic carbocycles. The highest BCUT2D eigenvalue weighted by Gasteiger charge is 1.99. The summed E-state index contributed by atoms with van der Waals surface area (Å²) in [6.07, 6.45) is 0. The van der Waals surface area contributed by atoms with Gasteiger partial charge < -0.3 is 5.73 Å². The molecule has 58 valence electrons. The number of rotatable bonds is 2. The highest BCUT2D eigenvalue weighted by atomic mass is 79.9. The van der Waals surface area contributed by atoms with Crippen LogP contribution < -0.4 is 5.73 Å². The number of anilines is 1. The van der Waals surface area contributed by atoms with Gasteiger partial charge in [0.05, 0.1) is 0 Å². The summed E-state index contributed by atoms with van der Waals surface area (Å²) in [5.74, 6) is 0. The molecule has 2 N–H and O–H groups in total. The summed E-state index contributed by atoms with van der Waals surface area (Å²) in [6, 6.07) is 7.72. The quantitative estimate of drug-likeness (QED) is 0.591. The van der Waals surface area contributed by atoms with E-state index in [9.17, 15) is 0 Å². The Morgan fingerprint density at radius 3 is 2.64 bits per heavy atom. The lowest BCUT2D eigenvalue weighted by Gasteiger charge is -2.04. The van der Waals surface area contributed by atoms with Crippen molar-refractivity contribution in [2.75, 3.05) is 11.1 Å². The van der Waals surface area contributed by atoms with Crippen molar-refractivity contribution in [2.24, 2.45) is 0 Å². The van der Waals surface area contributed by atoms with E-state index in [1.165, 1.54) is 0 Å². The van der Waals surface area contributed by atoms with Gasteiger partial charge >= 0.3 is 0 Å². The molecule has 2 heteroatoms. The number of nitrogens with two attached hydrogens (primary N) is 1. The van der Waals surface area contributed by atoms with Crippen molar-refractivity contribution in [3.63, 3.8) is 0 Å². The van der Waals surface area contributed by atoms with Crippen LogP contribution in [0.5, 0.6) is 0 Å². The lowest BCUT2D eigenvalue weighted by atomic mass is 10.1. The van der Waals surface area contributed by atoms with E-state index in [-0.39, 0.29) is 0 Å². The van der Waals surface area contributed by atoms with E-state index in [1.807, 2.05) is 24.3 Å². The number of halogens is 1. The van der Waals surface area contributed by atoms with E-state index in [4.69, 9.17) is 5.73 Å². The first-order valence-electron chi connectivity index (χ1n) is 3.34. The zero-order valence-electron chi connectivity index (χ0n) is 6.18. The molecule has 0 saturated heterocycles. The van der Waals surface area contributed by atoms with Crippen LogP contribution in [0, 0.1) is 0 Å². The third-order valence-corrected chi connectivity index (χ3v) is 2.18. The molecule has 0 aliphatic carbocycles. The lowest BCUT2D eigenvalue weighted by Crippen LogP contribution is -1.92. The Morgan fingerprint density at radius 2 is 2.09 bits per heavy atom. The maximum atomic E-state index is 5.72. The predicted molar refractivity (Wildman–Crippen MR) is 53.7 cm³/mol. The van der Waals surface area contributed by atoms with Crippen LogP contribution in [0.25, 0.3) is 5.57 Å². The van der Waals surface area contributed by atoms with E-state index in [0.29, 0.717) is 0 Å². The summed E-state index contributed by atoms with van der Waals surface area (Å²) in [5.41, 5.74) is 8.55. The van der Waals surface area contributed by atoms with Gasteiger partial charge in [-0.3, -0.25) is 0 Å². The summed E-state index contributed by atoms with van der Waals surface area (Å²) in [6.45, 7) is 3.88. The zero-order valence-corrected chi connectivity index (χ0v) is 7.76. The third kappa shape index (κ3) is 1.84. The maximum Gasteiger partial charge on any atom is 0.0390 e. The van der Waals surface area contributed by atoms with Gasteiger partial charge in [0.2, 0.25) is 0 Å². The van der Waals surface area contributed by atoms with Gasteiger partial charge in [0.25, 0.3) is 0 Å². The van der Waals surface area contributed by atoms with E-state index in [2.05, 4.69) is 22.5 Å². The van der Waals surface area contributed by atoms with Crippen molar-refractivity contribution in [1.29, 1.82) is 0 Å². The number of allylic oxidation sites excluding steroid dienone is 1. The molecule has 0 atom stereocenters. The minimum Gasteiger partial charge on any atom is -0.398 e. The molecule has 1 rings (SSSR count). The monoisotopic (exact) mass is 211 g/mol. The Bertz CT molecular complexity index is 268. The largest absolute Gasteiger partial charge is 0.398 e. The van der Waals surface area contributed by atoms with Gasteiger partial charge in [0.1, 0.15) is 0 Å².